The summed E-state index contributed by atoms with van der Waals surface area (Å²) in [6.45, 7) is 0. The van der Waals surface area contributed by atoms with Gasteiger partial charge >= 0.3 is 5.71 Å². The van der Waals surface area contributed by atoms with Crippen molar-refractivity contribution >= 4 is 31.2 Å². The minimum atomic E-state index is -3.05. The largest absolute Gasteiger partial charge is 0.426 e. The van der Waals surface area contributed by atoms with E-state index in [0.717, 1.165) is 0 Å². The molecule has 0 spiro atoms. The third-order valence-electron chi connectivity index (χ3n) is 3.51. The summed E-state index contributed by atoms with van der Waals surface area (Å²) in [5, 5.41) is 0. The summed E-state index contributed by atoms with van der Waals surface area (Å²) in [6.07, 6.45) is -4.96. The summed E-state index contributed by atoms with van der Waals surface area (Å²) >= 11 is 0. The van der Waals surface area contributed by atoms with Gasteiger partial charge in [-0.15, -0.1) is 0 Å². The molecule has 5 N–H and O–H groups in total. The summed E-state index contributed by atoms with van der Waals surface area (Å²) in [4.78, 5) is 50.7. The molecule has 0 amide bonds. The first-order chi connectivity index (χ1) is 11.8. The molecule has 1 saturated heterocycles. The van der Waals surface area contributed by atoms with E-state index in [1.807, 2.05) is 0 Å². The summed E-state index contributed by atoms with van der Waals surface area (Å²) in [5.74, 6) is -0.183. The second kappa shape index (κ2) is 6.61. The minimum Gasteiger partial charge on any atom is -0.426 e. The Morgan fingerprint density at radius 1 is 1.56 bits per heavy atom. The van der Waals surface area contributed by atoms with Gasteiger partial charge in [0.1, 0.15) is 6.10 Å². The lowest BCUT2D eigenvalue weighted by Gasteiger charge is -2.18. The number of H-pyrrole nitrogens is 1. The summed E-state index contributed by atoms with van der Waals surface area (Å²) in [5.41, 5.74) is 3.43. The number of hydrogen-bond acceptors (Lipinski definition) is 10. The Labute approximate surface area is 139 Å². The lowest BCUT2D eigenvalue weighted by molar-refractivity contribution is -0.129. The molecule has 3 rings (SSSR count). The third kappa shape index (κ3) is 3.07. The number of nitrogens with two attached hydrogens (primary N) is 1. The van der Waals surface area contributed by atoms with E-state index < -0.39 is 44.4 Å². The summed E-state index contributed by atoms with van der Waals surface area (Å²) < 4.78 is 30.6. The molecule has 4 atom stereocenters. The fraction of sp³-hybridized carbons (Fsp3) is 0.455. The smallest absolute Gasteiger partial charge is 0.386 e. The fourth-order valence-corrected chi connectivity index (χ4v) is 2.64. The molecule has 1 unspecified atom stereocenters. The van der Waals surface area contributed by atoms with Gasteiger partial charge in [-0.25, -0.2) is 14.2 Å². The molecule has 3 heterocycles. The van der Waals surface area contributed by atoms with Gasteiger partial charge in [0.2, 0.25) is 12.2 Å². The van der Waals surface area contributed by atoms with E-state index in [1.165, 1.54) is 18.0 Å². The lowest BCUT2D eigenvalue weighted by atomic mass is 10.2. The van der Waals surface area contributed by atoms with Crippen molar-refractivity contribution in [3.8, 4) is 0 Å². The fourth-order valence-electron chi connectivity index (χ4n) is 2.44. The molecule has 12 nitrogen and oxygen atoms in total. The number of aromatic amines is 1. The predicted molar refractivity (Wildman–Crippen MR) is 80.0 cm³/mol. The Morgan fingerprint density at radius 3 is 2.92 bits per heavy atom. The highest BCUT2D eigenvalue weighted by molar-refractivity contribution is 7.63. The third-order valence-corrected chi connectivity index (χ3v) is 3.94. The molecule has 0 aromatic carbocycles. The summed E-state index contributed by atoms with van der Waals surface area (Å²) in [6, 6.07) is 0. The van der Waals surface area contributed by atoms with Crippen molar-refractivity contribution in [3.63, 3.8) is 0 Å². The van der Waals surface area contributed by atoms with E-state index in [0.29, 0.717) is 0 Å². The first-order valence-electron chi connectivity index (χ1n) is 6.76. The van der Waals surface area contributed by atoms with Gasteiger partial charge in [-0.2, -0.15) is 4.98 Å². The van der Waals surface area contributed by atoms with Crippen molar-refractivity contribution < 1.29 is 33.2 Å². The zero-order chi connectivity index (χ0) is 18.3. The zero-order valence-corrected chi connectivity index (χ0v) is 13.5. The molecular formula is C11H13FN5O7P. The lowest BCUT2D eigenvalue weighted by Crippen LogP contribution is -2.31. The van der Waals surface area contributed by atoms with Crippen LogP contribution in [0.5, 0.6) is 0 Å². The van der Waals surface area contributed by atoms with Crippen LogP contribution in [0.2, 0.25) is 0 Å². The number of ether oxygens (including phenoxy) is 3. The van der Waals surface area contributed by atoms with Crippen molar-refractivity contribution in [2.75, 3.05) is 12.8 Å². The van der Waals surface area contributed by atoms with Gasteiger partial charge in [0, 0.05) is 7.11 Å². The average molecular weight is 377 g/mol. The number of imidazole rings is 1. The standard InChI is InChI=1S/C11H13FN5O7P/c1-22-5-3(12)9(24-11(19)25(20)21)23-8(5)17-2-14-4-6(17)15-10(13)16-7(4)18/h2-3,5,8-9,20-21H,1H3,(H3,13,15,16,18)/t3?,5-,8+,9+/m0/s1. The number of halogens is 1. The molecule has 0 radical (unpaired) electrons. The van der Waals surface area contributed by atoms with Crippen LogP contribution in [0.3, 0.4) is 0 Å². The Morgan fingerprint density at radius 2 is 2.28 bits per heavy atom. The van der Waals surface area contributed by atoms with Gasteiger partial charge in [-0.3, -0.25) is 14.3 Å². The number of nitrogens with zero attached hydrogens (tertiary/aromatic N) is 3. The van der Waals surface area contributed by atoms with Crippen LogP contribution in [0.25, 0.3) is 11.2 Å². The Kier molecular flexibility index (Phi) is 4.67. The monoisotopic (exact) mass is 377 g/mol. The predicted octanol–water partition coefficient (Wildman–Crippen LogP) is -0.657. The average Bonchev–Trinajstić information content (AvgIpc) is 3.08. The Balaban J connectivity index is 1.96. The maximum Gasteiger partial charge on any atom is 0.386 e. The molecule has 25 heavy (non-hydrogen) atoms. The molecule has 0 saturated carbocycles. The van der Waals surface area contributed by atoms with Gasteiger partial charge < -0.3 is 29.7 Å². The SMILES string of the molecule is CO[C@H]1C(F)[C@@H](OC(=O)P(O)O)O[C@H]1n1cnc2c(=O)[nH]c(N)nc21. The number of fused-ring (bicyclic) bond motifs is 1. The normalized spacial score (nSPS) is 26.4. The van der Waals surface area contributed by atoms with Crippen LogP contribution < -0.4 is 11.3 Å². The van der Waals surface area contributed by atoms with Gasteiger partial charge in [-0.1, -0.05) is 0 Å². The Hall–Kier alpha value is -2.18. The van der Waals surface area contributed by atoms with Crippen LogP contribution in [0.1, 0.15) is 6.23 Å². The molecule has 0 aliphatic carbocycles. The van der Waals surface area contributed by atoms with Gasteiger partial charge in [0.05, 0.1) is 6.33 Å². The van der Waals surface area contributed by atoms with Gasteiger partial charge in [0.25, 0.3) is 13.9 Å². The van der Waals surface area contributed by atoms with Crippen LogP contribution in [-0.4, -0.2) is 60.7 Å². The highest BCUT2D eigenvalue weighted by Crippen LogP contribution is 2.37. The number of hydrogen-bond donors (Lipinski definition) is 4. The molecule has 136 valence electrons. The van der Waals surface area contributed by atoms with Crippen molar-refractivity contribution in [1.82, 2.24) is 19.5 Å². The van der Waals surface area contributed by atoms with Crippen LogP contribution in [0, 0.1) is 0 Å². The van der Waals surface area contributed by atoms with E-state index in [9.17, 15) is 14.0 Å². The number of nitrogens with one attached hydrogen (secondary N) is 1. The van der Waals surface area contributed by atoms with Crippen LogP contribution in [0.4, 0.5) is 15.1 Å². The molecule has 2 aromatic rings. The van der Waals surface area contributed by atoms with Crippen molar-refractivity contribution in [3.05, 3.63) is 16.7 Å². The number of rotatable bonds is 4. The van der Waals surface area contributed by atoms with Crippen LogP contribution in [0.15, 0.2) is 11.1 Å². The first kappa shape index (κ1) is 17.6. The van der Waals surface area contributed by atoms with Crippen molar-refractivity contribution in [1.29, 1.82) is 0 Å². The highest BCUT2D eigenvalue weighted by Gasteiger charge is 2.49. The quantitative estimate of drug-likeness (QED) is 0.501. The molecule has 0 bridgehead atoms. The van der Waals surface area contributed by atoms with Gasteiger partial charge in [0.15, 0.2) is 23.6 Å². The maximum atomic E-state index is 14.4. The van der Waals surface area contributed by atoms with E-state index in [1.54, 1.807) is 0 Å². The maximum absolute atomic E-state index is 14.4. The van der Waals surface area contributed by atoms with E-state index in [4.69, 9.17) is 25.0 Å². The van der Waals surface area contributed by atoms with Crippen molar-refractivity contribution in [2.45, 2.75) is 24.8 Å². The second-order valence-electron chi connectivity index (χ2n) is 4.99. The zero-order valence-electron chi connectivity index (χ0n) is 12.6. The van der Waals surface area contributed by atoms with Crippen LogP contribution >= 0.6 is 8.38 Å². The highest BCUT2D eigenvalue weighted by atomic mass is 31.2. The number of aromatic nitrogens is 4. The molecule has 1 fully saturated rings. The number of alkyl halides is 1. The number of carbonyl (C=O) groups excluding carboxylic acids is 1. The molecular weight excluding hydrogens is 364 g/mol. The second-order valence-corrected chi connectivity index (χ2v) is 5.93. The van der Waals surface area contributed by atoms with E-state index in [-0.39, 0.29) is 17.1 Å². The van der Waals surface area contributed by atoms with E-state index >= 15 is 0 Å². The van der Waals surface area contributed by atoms with E-state index in [2.05, 4.69) is 19.7 Å². The minimum absolute atomic E-state index is 0.0130. The number of methoxy groups -OCH3 is 1. The first-order valence-corrected chi connectivity index (χ1v) is 8.01. The topological polar surface area (TPSA) is 175 Å². The molecule has 14 heteroatoms. The molecule has 1 aliphatic rings. The molecule has 1 aliphatic heterocycles. The number of carbonyl (C=O) groups is 1. The number of nitrogen functional groups attached to an aromatic ring is 1. The summed E-state index contributed by atoms with van der Waals surface area (Å²) in [7, 11) is -1.85. The molecule has 2 aromatic heterocycles. The van der Waals surface area contributed by atoms with Gasteiger partial charge in [-0.05, 0) is 0 Å². The Bertz CT molecular complexity index is 857. The van der Waals surface area contributed by atoms with Crippen LogP contribution in [-0.2, 0) is 14.2 Å². The van der Waals surface area contributed by atoms with Crippen molar-refractivity contribution in [2.24, 2.45) is 0 Å². The number of anilines is 1.